The molecule has 2 heteroatoms. The summed E-state index contributed by atoms with van der Waals surface area (Å²) in [6.45, 7) is 0. The summed E-state index contributed by atoms with van der Waals surface area (Å²) in [5.74, 6) is 0.596. The van der Waals surface area contributed by atoms with E-state index in [1.54, 1.807) is 0 Å². The highest BCUT2D eigenvalue weighted by Crippen LogP contribution is 2.46. The van der Waals surface area contributed by atoms with Crippen molar-refractivity contribution in [1.29, 1.82) is 0 Å². The topological polar surface area (TPSA) is 32.6 Å². The van der Waals surface area contributed by atoms with Gasteiger partial charge in [0.15, 0.2) is 0 Å². The molecule has 5 rings (SSSR count). The Bertz CT molecular complexity index is 908. The van der Waals surface area contributed by atoms with E-state index in [1.807, 2.05) is 24.3 Å². The third kappa shape index (κ3) is 2.98. The Kier molecular flexibility index (Phi) is 4.37. The highest BCUT2D eigenvalue weighted by molar-refractivity contribution is 5.95. The Hall–Kier alpha value is -2.71. The summed E-state index contributed by atoms with van der Waals surface area (Å²) in [4.78, 5) is 4.98. The van der Waals surface area contributed by atoms with Crippen molar-refractivity contribution >= 4 is 11.4 Å². The van der Waals surface area contributed by atoms with Gasteiger partial charge in [-0.15, -0.1) is 0 Å². The van der Waals surface area contributed by atoms with E-state index in [0.29, 0.717) is 6.42 Å². The molecule has 1 heterocycles. The van der Waals surface area contributed by atoms with Gasteiger partial charge in [-0.25, -0.2) is 0 Å². The van der Waals surface area contributed by atoms with E-state index in [2.05, 4.69) is 72.9 Å². The van der Waals surface area contributed by atoms with Crippen LogP contribution in [0.15, 0.2) is 102 Å². The lowest BCUT2D eigenvalue weighted by Crippen LogP contribution is -2.43. The van der Waals surface area contributed by atoms with Crippen LogP contribution >= 0.6 is 0 Å². The van der Waals surface area contributed by atoms with Crippen LogP contribution in [0.25, 0.3) is 0 Å². The molecular formula is C26H25NO. The Morgan fingerprint density at radius 1 is 0.821 bits per heavy atom. The summed E-state index contributed by atoms with van der Waals surface area (Å²) in [5, 5.41) is 12.0. The van der Waals surface area contributed by atoms with Gasteiger partial charge in [0.2, 0.25) is 0 Å². The highest BCUT2D eigenvalue weighted by atomic mass is 16.3. The van der Waals surface area contributed by atoms with Gasteiger partial charge in [-0.3, -0.25) is 4.99 Å². The summed E-state index contributed by atoms with van der Waals surface area (Å²) in [6, 6.07) is 8.43. The first-order chi connectivity index (χ1) is 13.7. The zero-order valence-corrected chi connectivity index (χ0v) is 15.9. The third-order valence-electron chi connectivity index (χ3n) is 6.45. The molecular weight excluding hydrogens is 342 g/mol. The zero-order valence-electron chi connectivity index (χ0n) is 15.9. The highest BCUT2D eigenvalue weighted by Gasteiger charge is 2.43. The standard InChI is InChI=1S/C26H25NO/c28-26(21-11-3-4-12-21,22-13-5-6-14-22)18-20-17-25(19-9-1-2-10-19)27-24-16-8-7-15-23(20)24/h1-16,19-22,28H,17-18H2. The number of allylic oxidation sites excluding steroid dienone is 8. The summed E-state index contributed by atoms with van der Waals surface area (Å²) in [7, 11) is 0. The van der Waals surface area contributed by atoms with Crippen LogP contribution < -0.4 is 0 Å². The SMILES string of the molecule is OC(CC1CC(C2C=CC=C2)=Nc2ccccc21)(C1C=CC=C1)C1C=CC=C1. The van der Waals surface area contributed by atoms with Crippen LogP contribution in [0.2, 0.25) is 0 Å². The average Bonchev–Trinajstić information content (AvgIpc) is 3.51. The summed E-state index contributed by atoms with van der Waals surface area (Å²) >= 11 is 0. The first kappa shape index (κ1) is 17.4. The molecule has 0 fully saturated rings. The molecule has 0 bridgehead atoms. The van der Waals surface area contributed by atoms with E-state index in [9.17, 15) is 5.11 Å². The Morgan fingerprint density at radius 3 is 2.04 bits per heavy atom. The number of aliphatic hydroxyl groups is 1. The van der Waals surface area contributed by atoms with Crippen LogP contribution in [-0.4, -0.2) is 16.4 Å². The van der Waals surface area contributed by atoms with Crippen LogP contribution in [0.4, 0.5) is 5.69 Å². The van der Waals surface area contributed by atoms with Gasteiger partial charge < -0.3 is 5.11 Å². The average molecular weight is 367 g/mol. The molecule has 1 N–H and O–H groups in total. The largest absolute Gasteiger partial charge is 0.388 e. The Labute approximate surface area is 166 Å². The lowest BCUT2D eigenvalue weighted by atomic mass is 9.69. The molecule has 4 aliphatic rings. The second-order valence-electron chi connectivity index (χ2n) is 8.15. The summed E-state index contributed by atoms with van der Waals surface area (Å²) in [6.07, 6.45) is 26.9. The number of benzene rings is 1. The molecule has 1 unspecified atom stereocenters. The first-order valence-electron chi connectivity index (χ1n) is 10.2. The van der Waals surface area contributed by atoms with E-state index in [-0.39, 0.29) is 23.7 Å². The monoisotopic (exact) mass is 367 g/mol. The second kappa shape index (κ2) is 7.03. The van der Waals surface area contributed by atoms with Crippen molar-refractivity contribution in [2.45, 2.75) is 24.4 Å². The summed E-state index contributed by atoms with van der Waals surface area (Å²) < 4.78 is 0. The number of aliphatic imine (C=N–C) groups is 1. The maximum absolute atomic E-state index is 12.0. The number of fused-ring (bicyclic) bond motifs is 1. The molecule has 1 aromatic rings. The zero-order chi connectivity index (χ0) is 19.0. The molecule has 1 aliphatic heterocycles. The van der Waals surface area contributed by atoms with Gasteiger partial charge >= 0.3 is 0 Å². The van der Waals surface area contributed by atoms with Crippen LogP contribution in [0.1, 0.15) is 24.3 Å². The van der Waals surface area contributed by atoms with Gasteiger partial charge in [0.1, 0.15) is 0 Å². The molecule has 0 saturated heterocycles. The predicted octanol–water partition coefficient (Wildman–Crippen LogP) is 5.59. The lowest BCUT2D eigenvalue weighted by molar-refractivity contribution is -0.0215. The Morgan fingerprint density at radius 2 is 1.39 bits per heavy atom. The molecule has 3 aliphatic carbocycles. The lowest BCUT2D eigenvalue weighted by Gasteiger charge is -2.40. The van der Waals surface area contributed by atoms with Crippen molar-refractivity contribution in [3.63, 3.8) is 0 Å². The molecule has 2 nitrogen and oxygen atoms in total. The van der Waals surface area contributed by atoms with Gasteiger partial charge in [-0.2, -0.15) is 0 Å². The molecule has 140 valence electrons. The van der Waals surface area contributed by atoms with E-state index >= 15 is 0 Å². The smallest absolute Gasteiger partial charge is 0.0847 e. The minimum atomic E-state index is -0.839. The van der Waals surface area contributed by atoms with Crippen LogP contribution in [-0.2, 0) is 0 Å². The normalized spacial score (nSPS) is 23.9. The number of hydrogen-bond acceptors (Lipinski definition) is 2. The fraction of sp³-hybridized carbons (Fsp3) is 0.269. The Balaban J connectivity index is 1.51. The minimum Gasteiger partial charge on any atom is -0.388 e. The fourth-order valence-electron chi connectivity index (χ4n) is 4.96. The van der Waals surface area contributed by atoms with Gasteiger partial charge in [0, 0.05) is 23.5 Å². The van der Waals surface area contributed by atoms with Gasteiger partial charge in [-0.05, 0) is 30.4 Å². The van der Waals surface area contributed by atoms with Crippen molar-refractivity contribution in [2.75, 3.05) is 0 Å². The maximum Gasteiger partial charge on any atom is 0.0847 e. The molecule has 28 heavy (non-hydrogen) atoms. The fourth-order valence-corrected chi connectivity index (χ4v) is 4.96. The first-order valence-corrected chi connectivity index (χ1v) is 10.2. The number of nitrogens with zero attached hydrogens (tertiary/aromatic N) is 1. The van der Waals surface area contributed by atoms with Crippen molar-refractivity contribution in [3.8, 4) is 0 Å². The van der Waals surface area contributed by atoms with Crippen molar-refractivity contribution < 1.29 is 5.11 Å². The quantitative estimate of drug-likeness (QED) is 0.722. The van der Waals surface area contributed by atoms with E-state index < -0.39 is 5.60 Å². The van der Waals surface area contributed by atoms with E-state index in [1.165, 1.54) is 11.3 Å². The van der Waals surface area contributed by atoms with Crippen molar-refractivity contribution in [3.05, 3.63) is 103 Å². The van der Waals surface area contributed by atoms with Gasteiger partial charge in [0.05, 0.1) is 11.3 Å². The number of rotatable bonds is 5. The van der Waals surface area contributed by atoms with Crippen molar-refractivity contribution in [1.82, 2.24) is 0 Å². The third-order valence-corrected chi connectivity index (χ3v) is 6.45. The second-order valence-corrected chi connectivity index (χ2v) is 8.15. The number of hydrogen-bond donors (Lipinski definition) is 1. The molecule has 0 spiro atoms. The number of para-hydroxylation sites is 1. The molecule has 0 saturated carbocycles. The van der Waals surface area contributed by atoms with E-state index in [0.717, 1.165) is 12.1 Å². The predicted molar refractivity (Wildman–Crippen MR) is 116 cm³/mol. The van der Waals surface area contributed by atoms with E-state index in [4.69, 9.17) is 4.99 Å². The summed E-state index contributed by atoms with van der Waals surface area (Å²) in [5.41, 5.74) is 2.67. The molecule has 0 radical (unpaired) electrons. The van der Waals surface area contributed by atoms with Crippen LogP contribution in [0.3, 0.4) is 0 Å². The molecule has 1 atom stereocenters. The van der Waals surface area contributed by atoms with Crippen LogP contribution in [0, 0.1) is 17.8 Å². The van der Waals surface area contributed by atoms with Gasteiger partial charge in [-0.1, -0.05) is 91.1 Å². The maximum atomic E-state index is 12.0. The van der Waals surface area contributed by atoms with Gasteiger partial charge in [0.25, 0.3) is 0 Å². The van der Waals surface area contributed by atoms with Crippen LogP contribution in [0.5, 0.6) is 0 Å². The van der Waals surface area contributed by atoms with Crippen molar-refractivity contribution in [2.24, 2.45) is 22.7 Å². The minimum absolute atomic E-state index is 0.0330. The molecule has 0 amide bonds. The molecule has 1 aromatic carbocycles. The molecule has 0 aromatic heterocycles.